The quantitative estimate of drug-likeness (QED) is 0.843. The molecule has 1 unspecified atom stereocenters. The van der Waals surface area contributed by atoms with Crippen LogP contribution in [0.3, 0.4) is 0 Å². The second-order valence-corrected chi connectivity index (χ2v) is 8.23. The van der Waals surface area contributed by atoms with Crippen molar-refractivity contribution in [3.05, 3.63) is 51.2 Å². The molecule has 1 aromatic carbocycles. The summed E-state index contributed by atoms with van der Waals surface area (Å²) in [5, 5.41) is 3.01. The molecule has 2 aromatic rings. The Hall–Kier alpha value is -2.14. The first kappa shape index (κ1) is 18.6. The molecule has 1 aliphatic rings. The number of nitrogens with zero attached hydrogens (tertiary/aromatic N) is 1. The number of rotatable bonds is 5. The molecule has 2 amide bonds. The maximum absolute atomic E-state index is 12.6. The zero-order chi connectivity index (χ0) is 18.7. The molecule has 26 heavy (non-hydrogen) atoms. The highest BCUT2D eigenvalue weighted by molar-refractivity contribution is 7.14. The summed E-state index contributed by atoms with van der Waals surface area (Å²) in [6.45, 7) is 7.04. The van der Waals surface area contributed by atoms with E-state index in [1.54, 1.807) is 23.2 Å². The lowest BCUT2D eigenvalue weighted by Gasteiger charge is -2.19. The first-order valence-corrected chi connectivity index (χ1v) is 10.0. The first-order chi connectivity index (χ1) is 12.5. The molecule has 0 saturated heterocycles. The van der Waals surface area contributed by atoms with Gasteiger partial charge in [0.25, 0.3) is 5.91 Å². The molecule has 0 radical (unpaired) electrons. The Morgan fingerprint density at radius 2 is 2.12 bits per heavy atom. The molecule has 1 atom stereocenters. The number of aryl methyl sites for hydroxylation is 1. The highest BCUT2D eigenvalue weighted by Gasteiger charge is 2.20. The van der Waals surface area contributed by atoms with Crippen LogP contribution in [-0.4, -0.2) is 23.3 Å². The summed E-state index contributed by atoms with van der Waals surface area (Å²) in [5.41, 5.74) is 3.12. The van der Waals surface area contributed by atoms with Gasteiger partial charge in [0.1, 0.15) is 0 Å². The van der Waals surface area contributed by atoms with E-state index < -0.39 is 0 Å². The summed E-state index contributed by atoms with van der Waals surface area (Å²) < 4.78 is 0. The molecule has 0 bridgehead atoms. The van der Waals surface area contributed by atoms with Crippen LogP contribution in [0, 0.1) is 5.92 Å². The normalized spacial score (nSPS) is 16.0. The van der Waals surface area contributed by atoms with E-state index in [1.165, 1.54) is 16.9 Å². The SMILES string of the molecule is CCN(Cc1cccc(NC(=O)c2cc3c(s2)CCC(C)C3)c1)C(C)=O. The van der Waals surface area contributed by atoms with E-state index in [0.29, 0.717) is 19.0 Å². The molecule has 0 spiro atoms. The highest BCUT2D eigenvalue weighted by Crippen LogP contribution is 2.32. The Balaban J connectivity index is 1.70. The molecule has 1 aromatic heterocycles. The number of amides is 2. The largest absolute Gasteiger partial charge is 0.339 e. The second kappa shape index (κ2) is 8.04. The van der Waals surface area contributed by atoms with Gasteiger partial charge in [0.05, 0.1) is 4.88 Å². The monoisotopic (exact) mass is 370 g/mol. The fourth-order valence-corrected chi connectivity index (χ4v) is 4.53. The van der Waals surface area contributed by atoms with E-state index in [0.717, 1.165) is 29.0 Å². The average molecular weight is 371 g/mol. The van der Waals surface area contributed by atoms with Crippen molar-refractivity contribution in [2.24, 2.45) is 5.92 Å². The number of carbonyl (C=O) groups is 2. The average Bonchev–Trinajstić information content (AvgIpc) is 3.03. The Labute approximate surface area is 159 Å². The number of thiophene rings is 1. The van der Waals surface area contributed by atoms with Gasteiger partial charge in [-0.2, -0.15) is 0 Å². The van der Waals surface area contributed by atoms with Gasteiger partial charge in [-0.05, 0) is 61.4 Å². The van der Waals surface area contributed by atoms with Crippen molar-refractivity contribution in [3.63, 3.8) is 0 Å². The molecule has 1 aliphatic carbocycles. The van der Waals surface area contributed by atoms with Crippen LogP contribution in [0.2, 0.25) is 0 Å². The summed E-state index contributed by atoms with van der Waals surface area (Å²) in [7, 11) is 0. The van der Waals surface area contributed by atoms with Gasteiger partial charge in [0, 0.05) is 30.6 Å². The zero-order valence-corrected chi connectivity index (χ0v) is 16.5. The van der Waals surface area contributed by atoms with Crippen LogP contribution in [0.4, 0.5) is 5.69 Å². The van der Waals surface area contributed by atoms with E-state index >= 15 is 0 Å². The highest BCUT2D eigenvalue weighted by atomic mass is 32.1. The van der Waals surface area contributed by atoms with Crippen molar-refractivity contribution in [2.45, 2.75) is 46.6 Å². The third kappa shape index (κ3) is 4.33. The third-order valence-electron chi connectivity index (χ3n) is 4.94. The molecular formula is C21H26N2O2S. The minimum absolute atomic E-state index is 0.0480. The number of benzene rings is 1. The van der Waals surface area contributed by atoms with E-state index in [-0.39, 0.29) is 11.8 Å². The molecule has 1 heterocycles. The fourth-order valence-electron chi connectivity index (χ4n) is 3.42. The predicted molar refractivity (Wildman–Crippen MR) is 107 cm³/mol. The van der Waals surface area contributed by atoms with Gasteiger partial charge in [-0.15, -0.1) is 11.3 Å². The number of fused-ring (bicyclic) bond motifs is 1. The second-order valence-electron chi connectivity index (χ2n) is 7.09. The lowest BCUT2D eigenvalue weighted by molar-refractivity contribution is -0.129. The molecule has 4 nitrogen and oxygen atoms in total. The van der Waals surface area contributed by atoms with Crippen molar-refractivity contribution in [3.8, 4) is 0 Å². The standard InChI is InChI=1S/C21H26N2O2S/c1-4-23(15(3)24)13-16-6-5-7-18(11-16)22-21(25)20-12-17-10-14(2)8-9-19(17)26-20/h5-7,11-12,14H,4,8-10,13H2,1-3H3,(H,22,25). The Kier molecular flexibility index (Phi) is 5.77. The van der Waals surface area contributed by atoms with Gasteiger partial charge in [0.15, 0.2) is 0 Å². The van der Waals surface area contributed by atoms with Gasteiger partial charge in [-0.1, -0.05) is 19.1 Å². The van der Waals surface area contributed by atoms with Crippen molar-refractivity contribution < 1.29 is 9.59 Å². The Bertz CT molecular complexity index is 812. The van der Waals surface area contributed by atoms with E-state index in [1.807, 2.05) is 31.2 Å². The number of anilines is 1. The molecule has 0 aliphatic heterocycles. The maximum Gasteiger partial charge on any atom is 0.265 e. The van der Waals surface area contributed by atoms with Crippen molar-refractivity contribution in [1.29, 1.82) is 0 Å². The molecule has 0 saturated carbocycles. The van der Waals surface area contributed by atoms with Gasteiger partial charge < -0.3 is 10.2 Å². The molecule has 5 heteroatoms. The summed E-state index contributed by atoms with van der Waals surface area (Å²) in [4.78, 5) is 28.2. The molecule has 1 N–H and O–H groups in total. The van der Waals surface area contributed by atoms with Crippen molar-refractivity contribution in [2.75, 3.05) is 11.9 Å². The number of carbonyl (C=O) groups excluding carboxylic acids is 2. The maximum atomic E-state index is 12.6. The van der Waals surface area contributed by atoms with Crippen molar-refractivity contribution in [1.82, 2.24) is 4.90 Å². The zero-order valence-electron chi connectivity index (χ0n) is 15.7. The summed E-state index contributed by atoms with van der Waals surface area (Å²) in [5.74, 6) is 0.709. The van der Waals surface area contributed by atoms with Crippen LogP contribution < -0.4 is 5.32 Å². The lowest BCUT2D eigenvalue weighted by Crippen LogP contribution is -2.27. The molecule has 0 fully saturated rings. The van der Waals surface area contributed by atoms with Crippen LogP contribution in [0.15, 0.2) is 30.3 Å². The van der Waals surface area contributed by atoms with Crippen LogP contribution in [0.5, 0.6) is 0 Å². The van der Waals surface area contributed by atoms with Gasteiger partial charge >= 0.3 is 0 Å². The van der Waals surface area contributed by atoms with Crippen LogP contribution in [0.1, 0.15) is 52.9 Å². The number of nitrogens with one attached hydrogen (secondary N) is 1. The van der Waals surface area contributed by atoms with E-state index in [9.17, 15) is 9.59 Å². The van der Waals surface area contributed by atoms with Gasteiger partial charge in [-0.25, -0.2) is 0 Å². The minimum Gasteiger partial charge on any atom is -0.339 e. The van der Waals surface area contributed by atoms with Crippen LogP contribution in [0.25, 0.3) is 0 Å². The van der Waals surface area contributed by atoms with Gasteiger partial charge in [-0.3, -0.25) is 9.59 Å². The van der Waals surface area contributed by atoms with E-state index in [4.69, 9.17) is 0 Å². The Morgan fingerprint density at radius 1 is 1.31 bits per heavy atom. The summed E-state index contributed by atoms with van der Waals surface area (Å²) in [6.07, 6.45) is 3.37. The Morgan fingerprint density at radius 3 is 2.85 bits per heavy atom. The number of hydrogen-bond acceptors (Lipinski definition) is 3. The predicted octanol–water partition coefficient (Wildman–Crippen LogP) is 4.49. The van der Waals surface area contributed by atoms with Gasteiger partial charge in [0.2, 0.25) is 5.91 Å². The summed E-state index contributed by atoms with van der Waals surface area (Å²) in [6, 6.07) is 9.79. The number of hydrogen-bond donors (Lipinski definition) is 1. The van der Waals surface area contributed by atoms with E-state index in [2.05, 4.69) is 18.3 Å². The van der Waals surface area contributed by atoms with Crippen LogP contribution >= 0.6 is 11.3 Å². The molecular weight excluding hydrogens is 344 g/mol. The third-order valence-corrected chi connectivity index (χ3v) is 6.17. The van der Waals surface area contributed by atoms with Crippen LogP contribution in [-0.2, 0) is 24.2 Å². The first-order valence-electron chi connectivity index (χ1n) is 9.23. The lowest BCUT2D eigenvalue weighted by atomic mass is 9.90. The topological polar surface area (TPSA) is 49.4 Å². The smallest absolute Gasteiger partial charge is 0.265 e. The minimum atomic E-state index is -0.0480. The molecule has 138 valence electrons. The summed E-state index contributed by atoms with van der Waals surface area (Å²) >= 11 is 1.62. The van der Waals surface area contributed by atoms with Crippen molar-refractivity contribution >= 4 is 28.8 Å². The molecule has 3 rings (SSSR count). The fraction of sp³-hybridized carbons (Fsp3) is 0.429.